The van der Waals surface area contributed by atoms with Gasteiger partial charge in [0.25, 0.3) is 5.91 Å². The van der Waals surface area contributed by atoms with Gasteiger partial charge in [-0.25, -0.2) is 0 Å². The van der Waals surface area contributed by atoms with E-state index in [1.807, 2.05) is 17.5 Å². The number of aliphatic hydroxyl groups excluding tert-OH is 1. The minimum Gasteiger partial charge on any atom is -0.503 e. The molecule has 1 amide bonds. The van der Waals surface area contributed by atoms with Gasteiger partial charge >= 0.3 is 0 Å². The lowest BCUT2D eigenvalue weighted by molar-refractivity contribution is -0.895. The lowest BCUT2D eigenvalue weighted by Crippen LogP contribution is -3.12. The summed E-state index contributed by atoms with van der Waals surface area (Å²) in [5.41, 5.74) is 0.0990. The summed E-state index contributed by atoms with van der Waals surface area (Å²) in [5, 5.41) is 12.4. The highest BCUT2D eigenvalue weighted by Crippen LogP contribution is 2.40. The first kappa shape index (κ1) is 18.4. The molecule has 1 aliphatic rings. The Bertz CT molecular complexity index is 792. The third-order valence-corrected chi connectivity index (χ3v) is 5.74. The molecular formula is C19H23N2O4S+. The molecule has 0 aliphatic carbocycles. The Labute approximate surface area is 156 Å². The van der Waals surface area contributed by atoms with E-state index in [-0.39, 0.29) is 11.3 Å². The van der Waals surface area contributed by atoms with Crippen molar-refractivity contribution in [2.24, 2.45) is 0 Å². The molecule has 1 atom stereocenters. The average Bonchev–Trinajstić information content (AvgIpc) is 3.39. The molecule has 0 saturated carbocycles. The number of carbonyl (C=O) groups is 2. The molecule has 6 nitrogen and oxygen atoms in total. The third kappa shape index (κ3) is 3.32. The fourth-order valence-corrected chi connectivity index (χ4v) is 4.13. The van der Waals surface area contributed by atoms with Crippen molar-refractivity contribution >= 4 is 23.0 Å². The van der Waals surface area contributed by atoms with Crippen molar-refractivity contribution < 1.29 is 24.0 Å². The number of quaternary nitrogens is 1. The van der Waals surface area contributed by atoms with Crippen molar-refractivity contribution in [1.29, 1.82) is 0 Å². The van der Waals surface area contributed by atoms with Crippen molar-refractivity contribution in [2.75, 3.05) is 26.2 Å². The van der Waals surface area contributed by atoms with E-state index in [1.165, 1.54) is 22.5 Å². The third-order valence-electron chi connectivity index (χ3n) is 4.81. The molecule has 7 heteroatoms. The standard InChI is InChI=1S/C19H22N2O4S/c1-3-20(4-2)9-10-21-16(14-8-6-12-26-14)15(18(23)19(21)24)17(22)13-7-5-11-25-13/h5-8,11-12,16,23H,3-4,9-10H2,1-2H3/p+1/t16-/m0/s1. The molecule has 26 heavy (non-hydrogen) atoms. The number of nitrogens with zero attached hydrogens (tertiary/aromatic N) is 1. The van der Waals surface area contributed by atoms with E-state index in [0.29, 0.717) is 6.54 Å². The van der Waals surface area contributed by atoms with Crippen LogP contribution in [0.4, 0.5) is 0 Å². The minimum absolute atomic E-state index is 0.0990. The zero-order valence-corrected chi connectivity index (χ0v) is 15.7. The fraction of sp³-hybridized carbons (Fsp3) is 0.368. The number of ketones is 1. The summed E-state index contributed by atoms with van der Waals surface area (Å²) in [7, 11) is 0. The lowest BCUT2D eigenvalue weighted by atomic mass is 10.0. The number of thiophene rings is 1. The Morgan fingerprint density at radius 3 is 2.65 bits per heavy atom. The number of likely N-dealkylation sites (N-methyl/N-ethyl adjacent to an activating group) is 1. The first-order valence-corrected chi connectivity index (χ1v) is 9.65. The number of hydrogen-bond acceptors (Lipinski definition) is 5. The second-order valence-corrected chi connectivity index (χ2v) is 7.17. The van der Waals surface area contributed by atoms with Crippen LogP contribution in [0.2, 0.25) is 0 Å². The van der Waals surface area contributed by atoms with Gasteiger partial charge in [-0.3, -0.25) is 9.59 Å². The van der Waals surface area contributed by atoms with Gasteiger partial charge in [-0.05, 0) is 37.4 Å². The molecule has 0 fully saturated rings. The molecule has 0 radical (unpaired) electrons. The Kier molecular flexibility index (Phi) is 5.58. The number of nitrogens with one attached hydrogen (secondary N) is 1. The van der Waals surface area contributed by atoms with Crippen molar-refractivity contribution in [3.63, 3.8) is 0 Å². The van der Waals surface area contributed by atoms with Crippen molar-refractivity contribution in [3.8, 4) is 0 Å². The summed E-state index contributed by atoms with van der Waals surface area (Å²) >= 11 is 1.46. The maximum atomic E-state index is 12.9. The molecule has 0 spiro atoms. The van der Waals surface area contributed by atoms with Crippen molar-refractivity contribution in [3.05, 3.63) is 57.9 Å². The van der Waals surface area contributed by atoms with Crippen LogP contribution in [-0.4, -0.2) is 47.9 Å². The molecular weight excluding hydrogens is 352 g/mol. The maximum Gasteiger partial charge on any atom is 0.290 e. The SMILES string of the molecule is CC[NH+](CC)CCN1C(=O)C(O)=C(C(=O)c2ccco2)[C@@H]1c1cccs1. The summed E-state index contributed by atoms with van der Waals surface area (Å²) in [5.74, 6) is -1.29. The molecule has 0 unspecified atom stereocenters. The molecule has 2 aromatic heterocycles. The molecule has 1 aliphatic heterocycles. The molecule has 0 aromatic carbocycles. The van der Waals surface area contributed by atoms with Crippen LogP contribution in [0.15, 0.2) is 51.7 Å². The molecule has 2 aromatic rings. The zero-order valence-electron chi connectivity index (χ0n) is 14.9. The van der Waals surface area contributed by atoms with Crippen LogP contribution in [0, 0.1) is 0 Å². The summed E-state index contributed by atoms with van der Waals surface area (Å²) in [4.78, 5) is 29.4. The van der Waals surface area contributed by atoms with E-state index in [4.69, 9.17) is 4.42 Å². The van der Waals surface area contributed by atoms with Crippen LogP contribution < -0.4 is 4.90 Å². The topological polar surface area (TPSA) is 75.2 Å². The van der Waals surface area contributed by atoms with E-state index in [1.54, 1.807) is 17.0 Å². The number of rotatable bonds is 8. The summed E-state index contributed by atoms with van der Waals surface area (Å²) in [6.07, 6.45) is 1.41. The first-order valence-electron chi connectivity index (χ1n) is 8.77. The van der Waals surface area contributed by atoms with Crippen molar-refractivity contribution in [1.82, 2.24) is 4.90 Å². The fourth-order valence-electron chi connectivity index (χ4n) is 3.28. The quantitative estimate of drug-likeness (QED) is 0.691. The van der Waals surface area contributed by atoms with E-state index >= 15 is 0 Å². The highest BCUT2D eigenvalue weighted by molar-refractivity contribution is 7.10. The summed E-state index contributed by atoms with van der Waals surface area (Å²) in [6, 6.07) is 6.34. The second kappa shape index (κ2) is 7.88. The van der Waals surface area contributed by atoms with Crippen LogP contribution in [0.5, 0.6) is 0 Å². The van der Waals surface area contributed by atoms with Gasteiger partial charge < -0.3 is 19.3 Å². The molecule has 138 valence electrons. The van der Waals surface area contributed by atoms with E-state index < -0.39 is 23.5 Å². The van der Waals surface area contributed by atoms with Crippen LogP contribution in [-0.2, 0) is 4.79 Å². The van der Waals surface area contributed by atoms with Crippen LogP contribution in [0.1, 0.15) is 35.3 Å². The highest BCUT2D eigenvalue weighted by Gasteiger charge is 2.45. The number of aliphatic hydroxyl groups is 1. The predicted molar refractivity (Wildman–Crippen MR) is 98.4 cm³/mol. The van der Waals surface area contributed by atoms with Crippen molar-refractivity contribution in [2.45, 2.75) is 19.9 Å². The van der Waals surface area contributed by atoms with Gasteiger partial charge in [-0.15, -0.1) is 11.3 Å². The maximum absolute atomic E-state index is 12.9. The normalized spacial score (nSPS) is 17.6. The van der Waals surface area contributed by atoms with E-state index in [9.17, 15) is 14.7 Å². The van der Waals surface area contributed by atoms with Gasteiger partial charge in [0.1, 0.15) is 0 Å². The van der Waals surface area contributed by atoms with Gasteiger partial charge in [-0.1, -0.05) is 6.07 Å². The smallest absolute Gasteiger partial charge is 0.290 e. The van der Waals surface area contributed by atoms with E-state index in [0.717, 1.165) is 24.5 Å². The molecule has 2 N–H and O–H groups in total. The largest absolute Gasteiger partial charge is 0.503 e. The van der Waals surface area contributed by atoms with Gasteiger partial charge in [0.05, 0.1) is 44.1 Å². The average molecular weight is 375 g/mol. The molecule has 0 bridgehead atoms. The molecule has 3 heterocycles. The Morgan fingerprint density at radius 2 is 2.08 bits per heavy atom. The number of hydrogen-bond donors (Lipinski definition) is 2. The summed E-state index contributed by atoms with van der Waals surface area (Å²) < 4.78 is 5.20. The number of amides is 1. The minimum atomic E-state index is -0.574. The first-order chi connectivity index (χ1) is 12.6. The van der Waals surface area contributed by atoms with Crippen LogP contribution in [0.25, 0.3) is 0 Å². The number of Topliss-reactive ketones (excluding diaryl/α,β-unsaturated/α-hetero) is 1. The lowest BCUT2D eigenvalue weighted by Gasteiger charge is -2.27. The van der Waals surface area contributed by atoms with Crippen LogP contribution >= 0.6 is 11.3 Å². The second-order valence-electron chi connectivity index (χ2n) is 6.19. The van der Waals surface area contributed by atoms with Crippen LogP contribution in [0.3, 0.4) is 0 Å². The monoisotopic (exact) mass is 375 g/mol. The van der Waals surface area contributed by atoms with Gasteiger partial charge in [0, 0.05) is 4.88 Å². The Hall–Kier alpha value is -2.38. The Morgan fingerprint density at radius 1 is 1.31 bits per heavy atom. The molecule has 0 saturated heterocycles. The van der Waals surface area contributed by atoms with Gasteiger partial charge in [-0.2, -0.15) is 0 Å². The Balaban J connectivity index is 1.94. The van der Waals surface area contributed by atoms with Gasteiger partial charge in [0.15, 0.2) is 11.5 Å². The number of furan rings is 1. The predicted octanol–water partition coefficient (Wildman–Crippen LogP) is 1.84. The number of carbonyl (C=O) groups excluding carboxylic acids is 2. The highest BCUT2D eigenvalue weighted by atomic mass is 32.1. The summed E-state index contributed by atoms with van der Waals surface area (Å²) in [6.45, 7) is 7.35. The van der Waals surface area contributed by atoms with E-state index in [2.05, 4.69) is 13.8 Å². The zero-order chi connectivity index (χ0) is 18.7. The van der Waals surface area contributed by atoms with Gasteiger partial charge in [0.2, 0.25) is 5.78 Å². The molecule has 3 rings (SSSR count).